The molecule has 37 heavy (non-hydrogen) atoms. The van der Waals surface area contributed by atoms with Crippen molar-refractivity contribution >= 4 is 29.0 Å². The molecular weight excluding hydrogens is 469 g/mol. The van der Waals surface area contributed by atoms with Gasteiger partial charge in [0.15, 0.2) is 0 Å². The second-order valence-electron chi connectivity index (χ2n) is 8.40. The normalized spacial score (nSPS) is 11.1. The summed E-state index contributed by atoms with van der Waals surface area (Å²) in [5.41, 5.74) is 6.13. The Balaban J connectivity index is 1.40. The van der Waals surface area contributed by atoms with E-state index in [4.69, 9.17) is 4.74 Å². The number of fused-ring (bicyclic) bond motifs is 1. The number of aryl methyl sites for hydroxylation is 1. The number of para-hydroxylation sites is 2. The number of esters is 1. The van der Waals surface area contributed by atoms with Crippen molar-refractivity contribution in [3.8, 4) is 16.9 Å². The number of hydrazone groups is 1. The maximum absolute atomic E-state index is 14.5. The molecule has 0 radical (unpaired) electrons. The second kappa shape index (κ2) is 10.3. The molecule has 0 bridgehead atoms. The molecule has 4 aromatic carbocycles. The molecule has 0 saturated carbocycles. The smallest absolute Gasteiger partial charge is 0.343 e. The van der Waals surface area contributed by atoms with Crippen molar-refractivity contribution in [1.82, 2.24) is 10.4 Å². The third kappa shape index (κ3) is 5.01. The fraction of sp³-hybridized carbons (Fsp3) is 0.0333. The van der Waals surface area contributed by atoms with Gasteiger partial charge in [0.25, 0.3) is 5.91 Å². The molecule has 2 N–H and O–H groups in total. The van der Waals surface area contributed by atoms with E-state index in [0.717, 1.165) is 11.1 Å². The number of aromatic amines is 1. The van der Waals surface area contributed by atoms with E-state index in [1.54, 1.807) is 54.6 Å². The van der Waals surface area contributed by atoms with Crippen LogP contribution in [-0.4, -0.2) is 23.1 Å². The summed E-state index contributed by atoms with van der Waals surface area (Å²) in [6.07, 6.45) is 1.39. The van der Waals surface area contributed by atoms with E-state index in [2.05, 4.69) is 15.5 Å². The Morgan fingerprint density at radius 2 is 1.68 bits per heavy atom. The number of amides is 1. The Kier molecular flexibility index (Phi) is 6.59. The molecule has 5 rings (SSSR count). The van der Waals surface area contributed by atoms with Crippen molar-refractivity contribution in [2.24, 2.45) is 5.10 Å². The molecule has 0 spiro atoms. The highest BCUT2D eigenvalue weighted by Crippen LogP contribution is 2.33. The highest BCUT2D eigenvalue weighted by Gasteiger charge is 2.20. The van der Waals surface area contributed by atoms with Crippen LogP contribution in [0.15, 0.2) is 102 Å². The number of nitrogens with one attached hydrogen (secondary N) is 2. The zero-order chi connectivity index (χ0) is 25.8. The van der Waals surface area contributed by atoms with Gasteiger partial charge in [0.05, 0.1) is 17.3 Å². The van der Waals surface area contributed by atoms with E-state index in [-0.39, 0.29) is 11.2 Å². The number of aromatic nitrogens is 1. The van der Waals surface area contributed by atoms with Gasteiger partial charge in [0.2, 0.25) is 0 Å². The zero-order valence-corrected chi connectivity index (χ0v) is 19.9. The first-order valence-corrected chi connectivity index (χ1v) is 11.6. The Hall–Kier alpha value is -5.04. The van der Waals surface area contributed by atoms with Gasteiger partial charge in [-0.15, -0.1) is 0 Å². The van der Waals surface area contributed by atoms with Crippen molar-refractivity contribution in [2.75, 3.05) is 0 Å². The van der Waals surface area contributed by atoms with Gasteiger partial charge in [-0.05, 0) is 42.8 Å². The maximum atomic E-state index is 14.5. The van der Waals surface area contributed by atoms with Crippen LogP contribution in [0.4, 0.5) is 4.39 Å². The van der Waals surface area contributed by atoms with Crippen LogP contribution < -0.4 is 10.2 Å². The number of halogens is 1. The van der Waals surface area contributed by atoms with Gasteiger partial charge in [-0.1, -0.05) is 72.3 Å². The Morgan fingerprint density at radius 3 is 2.49 bits per heavy atom. The van der Waals surface area contributed by atoms with Gasteiger partial charge in [-0.2, -0.15) is 5.10 Å². The van der Waals surface area contributed by atoms with Crippen LogP contribution in [0.5, 0.6) is 5.75 Å². The summed E-state index contributed by atoms with van der Waals surface area (Å²) in [6.45, 7) is 1.89. The predicted octanol–water partition coefficient (Wildman–Crippen LogP) is 6.27. The van der Waals surface area contributed by atoms with Crippen LogP contribution in [0.2, 0.25) is 0 Å². The minimum atomic E-state index is -0.542. The molecule has 0 unspecified atom stereocenters. The van der Waals surface area contributed by atoms with Crippen LogP contribution in [0.25, 0.3) is 22.0 Å². The number of rotatable bonds is 6. The SMILES string of the molecule is Cc1cccc(C(=O)Oc2ccccc2C=NNC(=O)c2[nH]c3c(F)cccc3c2-c2ccccc2)c1. The number of ether oxygens (including phenoxy) is 1. The molecule has 0 saturated heterocycles. The lowest BCUT2D eigenvalue weighted by molar-refractivity contribution is 0.0734. The highest BCUT2D eigenvalue weighted by atomic mass is 19.1. The summed E-state index contributed by atoms with van der Waals surface area (Å²) in [6, 6.07) is 27.9. The van der Waals surface area contributed by atoms with Crippen molar-refractivity contribution < 1.29 is 18.7 Å². The molecule has 0 fully saturated rings. The monoisotopic (exact) mass is 491 g/mol. The molecule has 0 aliphatic rings. The molecule has 7 heteroatoms. The predicted molar refractivity (Wildman–Crippen MR) is 141 cm³/mol. The summed E-state index contributed by atoms with van der Waals surface area (Å²) in [5, 5.41) is 4.66. The Morgan fingerprint density at radius 1 is 0.919 bits per heavy atom. The number of carbonyl (C=O) groups excluding carboxylic acids is 2. The standard InChI is InChI=1S/C30H22FN3O3/c1-19-9-7-13-21(17-19)30(36)37-25-16-6-5-12-22(25)18-32-34-29(35)28-26(20-10-3-2-4-11-20)23-14-8-15-24(31)27(23)33-28/h2-18,33H,1H3,(H,34,35). The quantitative estimate of drug-likeness (QED) is 0.127. The second-order valence-corrected chi connectivity index (χ2v) is 8.40. The third-order valence-electron chi connectivity index (χ3n) is 5.82. The highest BCUT2D eigenvalue weighted by molar-refractivity contribution is 6.10. The van der Waals surface area contributed by atoms with E-state index in [9.17, 15) is 14.0 Å². The Bertz CT molecular complexity index is 1640. The minimum absolute atomic E-state index is 0.183. The molecule has 5 aromatic rings. The van der Waals surface area contributed by atoms with Crippen LogP contribution >= 0.6 is 0 Å². The first-order chi connectivity index (χ1) is 18.0. The molecule has 1 heterocycles. The van der Waals surface area contributed by atoms with Crippen LogP contribution in [0.1, 0.15) is 32.0 Å². The number of carbonyl (C=O) groups is 2. The van der Waals surface area contributed by atoms with Gasteiger partial charge in [0.1, 0.15) is 17.3 Å². The van der Waals surface area contributed by atoms with Crippen molar-refractivity contribution in [1.29, 1.82) is 0 Å². The summed E-state index contributed by atoms with van der Waals surface area (Å²) < 4.78 is 20.1. The lowest BCUT2D eigenvalue weighted by atomic mass is 10.0. The molecule has 1 amide bonds. The first-order valence-electron chi connectivity index (χ1n) is 11.6. The van der Waals surface area contributed by atoms with Gasteiger partial charge >= 0.3 is 5.97 Å². The number of benzene rings is 4. The van der Waals surface area contributed by atoms with E-state index in [0.29, 0.717) is 27.8 Å². The van der Waals surface area contributed by atoms with Crippen LogP contribution in [0.3, 0.4) is 0 Å². The summed E-state index contributed by atoms with van der Waals surface area (Å²) in [4.78, 5) is 28.6. The first kappa shape index (κ1) is 23.7. The van der Waals surface area contributed by atoms with Gasteiger partial charge < -0.3 is 9.72 Å². The van der Waals surface area contributed by atoms with E-state index >= 15 is 0 Å². The number of H-pyrrole nitrogens is 1. The molecule has 1 aromatic heterocycles. The molecular formula is C30H22FN3O3. The summed E-state index contributed by atoms with van der Waals surface area (Å²) in [7, 11) is 0. The van der Waals surface area contributed by atoms with Gasteiger partial charge in [-0.3, -0.25) is 4.79 Å². The molecule has 0 aliphatic heterocycles. The lowest BCUT2D eigenvalue weighted by Gasteiger charge is -2.08. The molecule has 0 aliphatic carbocycles. The zero-order valence-electron chi connectivity index (χ0n) is 19.9. The molecule has 182 valence electrons. The third-order valence-corrected chi connectivity index (χ3v) is 5.82. The number of hydrogen-bond acceptors (Lipinski definition) is 4. The maximum Gasteiger partial charge on any atom is 0.343 e. The average Bonchev–Trinajstić information content (AvgIpc) is 3.31. The number of nitrogens with zero attached hydrogens (tertiary/aromatic N) is 1. The van der Waals surface area contributed by atoms with E-state index < -0.39 is 17.7 Å². The van der Waals surface area contributed by atoms with Gasteiger partial charge in [-0.25, -0.2) is 14.6 Å². The van der Waals surface area contributed by atoms with Gasteiger partial charge in [0, 0.05) is 16.5 Å². The van der Waals surface area contributed by atoms with E-state index in [1.807, 2.05) is 43.3 Å². The fourth-order valence-electron chi connectivity index (χ4n) is 4.08. The minimum Gasteiger partial charge on any atom is -0.422 e. The Labute approximate surface area is 212 Å². The number of hydrogen-bond donors (Lipinski definition) is 2. The fourth-order valence-corrected chi connectivity index (χ4v) is 4.08. The lowest BCUT2D eigenvalue weighted by Crippen LogP contribution is -2.19. The largest absolute Gasteiger partial charge is 0.422 e. The van der Waals surface area contributed by atoms with Crippen molar-refractivity contribution in [3.05, 3.63) is 125 Å². The van der Waals surface area contributed by atoms with E-state index in [1.165, 1.54) is 12.3 Å². The van der Waals surface area contributed by atoms with Crippen molar-refractivity contribution in [3.63, 3.8) is 0 Å². The molecule has 6 nitrogen and oxygen atoms in total. The average molecular weight is 492 g/mol. The van der Waals surface area contributed by atoms with Crippen LogP contribution in [0, 0.1) is 12.7 Å². The van der Waals surface area contributed by atoms with Crippen molar-refractivity contribution in [2.45, 2.75) is 6.92 Å². The van der Waals surface area contributed by atoms with Crippen LogP contribution in [-0.2, 0) is 0 Å². The molecule has 0 atom stereocenters. The topological polar surface area (TPSA) is 83.5 Å². The summed E-state index contributed by atoms with van der Waals surface area (Å²) in [5.74, 6) is -1.20. The summed E-state index contributed by atoms with van der Waals surface area (Å²) >= 11 is 0.